The van der Waals surface area contributed by atoms with Crippen LogP contribution in [0.4, 0.5) is 0 Å². The molecule has 0 aromatic rings. The van der Waals surface area contributed by atoms with Crippen LogP contribution in [0, 0.1) is 10.1 Å². The molecule has 59 valence electrons. The predicted molar refractivity (Wildman–Crippen MR) is 42.8 cm³/mol. The smallest absolute Gasteiger partial charge is 0.157 e. The van der Waals surface area contributed by atoms with Crippen molar-refractivity contribution in [2.24, 2.45) is 0 Å². The van der Waals surface area contributed by atoms with E-state index in [2.05, 4.69) is 5.43 Å². The Hall–Kier alpha value is 0.836. The molecule has 1 saturated carbocycles. The van der Waals surface area contributed by atoms with Gasteiger partial charge in [0.25, 0.3) is 0 Å². The molecule has 0 atom stereocenters. The molecule has 0 bridgehead atoms. The summed E-state index contributed by atoms with van der Waals surface area (Å²) in [4.78, 5) is 9.96. The molecule has 1 aliphatic carbocycles. The maximum Gasteiger partial charge on any atom is 0.157 e. The largest absolute Gasteiger partial charge is 0.235 e. The minimum atomic E-state index is -0.435. The van der Waals surface area contributed by atoms with Gasteiger partial charge in [0.2, 0.25) is 0 Å². The number of rotatable bonds is 2. The van der Waals surface area contributed by atoms with E-state index in [9.17, 15) is 10.1 Å². The molecule has 1 rings (SSSR count). The average Bonchev–Trinajstić information content (AvgIpc) is 1.88. The molecule has 4 nitrogen and oxygen atoms in total. The fourth-order valence-electron chi connectivity index (χ4n) is 1.38. The third-order valence-corrected chi connectivity index (χ3v) is 1.89. The second-order valence-electron chi connectivity index (χ2n) is 2.72. The second kappa shape index (κ2) is 6.36. The monoisotopic (exact) mass is 183 g/mol. The zero-order chi connectivity index (χ0) is 7.40. The molecule has 0 saturated heterocycles. The number of nitro groups is 1. The molecule has 11 heavy (non-hydrogen) atoms. The molecule has 0 aromatic heterocycles. The summed E-state index contributed by atoms with van der Waals surface area (Å²) in [7, 11) is 0. The zero-order valence-electron chi connectivity index (χ0n) is 6.88. The molecule has 1 fully saturated rings. The van der Waals surface area contributed by atoms with Gasteiger partial charge in [-0.15, -0.1) is 5.43 Å². The molecule has 1 aliphatic rings. The van der Waals surface area contributed by atoms with Crippen LogP contribution < -0.4 is 5.43 Å². The van der Waals surface area contributed by atoms with Crippen molar-refractivity contribution < 1.29 is 5.03 Å². The van der Waals surface area contributed by atoms with Gasteiger partial charge in [0, 0.05) is 51.4 Å². The van der Waals surface area contributed by atoms with Crippen LogP contribution in [0.2, 0.25) is 0 Å². The number of hydrazine groups is 1. The van der Waals surface area contributed by atoms with E-state index in [0.717, 1.165) is 25.7 Å². The fourth-order valence-corrected chi connectivity index (χ4v) is 1.38. The van der Waals surface area contributed by atoms with Gasteiger partial charge in [-0.05, 0) is 12.8 Å². The first-order valence-electron chi connectivity index (χ1n) is 3.69. The molecule has 0 aliphatic heterocycles. The number of hydrogen-bond acceptors (Lipinski definition) is 2. The maximum atomic E-state index is 9.96. The van der Waals surface area contributed by atoms with Crippen LogP contribution in [-0.4, -0.2) is 62.5 Å². The molecular weight excluding hydrogens is 171 g/mol. The summed E-state index contributed by atoms with van der Waals surface area (Å²) in [5.74, 6) is 0. The van der Waals surface area contributed by atoms with E-state index in [4.69, 9.17) is 0 Å². The van der Waals surface area contributed by atoms with Crippen molar-refractivity contribution in [2.45, 2.75) is 38.1 Å². The fraction of sp³-hybridized carbons (Fsp3) is 1.00. The Bertz CT molecular complexity index is 126. The second-order valence-corrected chi connectivity index (χ2v) is 2.72. The summed E-state index contributed by atoms with van der Waals surface area (Å²) < 4.78 is 0. The van der Waals surface area contributed by atoms with Gasteiger partial charge < -0.3 is 0 Å². The van der Waals surface area contributed by atoms with Crippen molar-refractivity contribution in [3.63, 3.8) is 0 Å². The van der Waals surface area contributed by atoms with Crippen LogP contribution in [0.1, 0.15) is 32.1 Å². The van der Waals surface area contributed by atoms with Crippen molar-refractivity contribution in [2.75, 3.05) is 0 Å². The topological polar surface area (TPSA) is 55.2 Å². The summed E-state index contributed by atoms with van der Waals surface area (Å²) in [6.45, 7) is 0. The van der Waals surface area contributed by atoms with Gasteiger partial charge in [0.15, 0.2) is 5.03 Å². The normalized spacial score (nSPS) is 18.5. The zero-order valence-corrected chi connectivity index (χ0v) is 10.00. The standard InChI is InChI=1S/C6H12N2O2.K/c9-8(10)7-6-4-2-1-3-5-6;/h6-7H,1-5H2;. The molecule has 1 radical (unpaired) electrons. The van der Waals surface area contributed by atoms with Gasteiger partial charge in [-0.3, -0.25) is 0 Å². The van der Waals surface area contributed by atoms with Gasteiger partial charge in [0.1, 0.15) is 0 Å². The van der Waals surface area contributed by atoms with Crippen LogP contribution in [0.15, 0.2) is 0 Å². The molecule has 1 N–H and O–H groups in total. The predicted octanol–water partition coefficient (Wildman–Crippen LogP) is 0.720. The van der Waals surface area contributed by atoms with Crippen LogP contribution in [-0.2, 0) is 0 Å². The minimum absolute atomic E-state index is 0. The molecule has 0 aromatic carbocycles. The van der Waals surface area contributed by atoms with Gasteiger partial charge in [-0.1, -0.05) is 19.3 Å². The van der Waals surface area contributed by atoms with Gasteiger partial charge in [0.05, 0.1) is 6.04 Å². The summed E-state index contributed by atoms with van der Waals surface area (Å²) >= 11 is 0. The van der Waals surface area contributed by atoms with Crippen LogP contribution in [0.25, 0.3) is 0 Å². The van der Waals surface area contributed by atoms with Crippen molar-refractivity contribution in [3.05, 3.63) is 10.1 Å². The van der Waals surface area contributed by atoms with Crippen molar-refractivity contribution in [1.29, 1.82) is 0 Å². The third-order valence-electron chi connectivity index (χ3n) is 1.89. The molecule has 0 heterocycles. The Kier molecular flexibility index (Phi) is 6.85. The number of hydrogen-bond donors (Lipinski definition) is 1. The third kappa shape index (κ3) is 5.14. The molecule has 0 unspecified atom stereocenters. The molecule has 5 heteroatoms. The van der Waals surface area contributed by atoms with E-state index in [1.54, 1.807) is 0 Å². The Morgan fingerprint density at radius 1 is 1.27 bits per heavy atom. The number of nitrogens with one attached hydrogen (secondary N) is 1. The van der Waals surface area contributed by atoms with E-state index < -0.39 is 5.03 Å². The van der Waals surface area contributed by atoms with Crippen molar-refractivity contribution >= 4 is 51.4 Å². The molecule has 0 amide bonds. The van der Waals surface area contributed by atoms with Crippen molar-refractivity contribution in [1.82, 2.24) is 5.43 Å². The molecular formula is C6H12KN2O2. The van der Waals surface area contributed by atoms with E-state index in [-0.39, 0.29) is 57.4 Å². The Labute approximate surface area is 109 Å². The van der Waals surface area contributed by atoms with E-state index in [1.165, 1.54) is 6.42 Å². The molecule has 0 spiro atoms. The van der Waals surface area contributed by atoms with Crippen LogP contribution >= 0.6 is 0 Å². The quantitative estimate of drug-likeness (QED) is 0.390. The first kappa shape index (κ1) is 11.8. The van der Waals surface area contributed by atoms with Gasteiger partial charge in [-0.25, -0.2) is 10.1 Å². The van der Waals surface area contributed by atoms with E-state index in [1.807, 2.05) is 0 Å². The maximum absolute atomic E-state index is 9.96. The van der Waals surface area contributed by atoms with E-state index in [0.29, 0.717) is 0 Å². The van der Waals surface area contributed by atoms with Crippen LogP contribution in [0.3, 0.4) is 0 Å². The summed E-state index contributed by atoms with van der Waals surface area (Å²) in [6, 6.07) is 0.128. The van der Waals surface area contributed by atoms with Gasteiger partial charge >= 0.3 is 0 Å². The SMILES string of the molecule is O=[N+]([O-])NC1CCCCC1.[K]. The summed E-state index contributed by atoms with van der Waals surface area (Å²) in [5, 5.41) is 9.53. The van der Waals surface area contributed by atoms with E-state index >= 15 is 0 Å². The van der Waals surface area contributed by atoms with Crippen LogP contribution in [0.5, 0.6) is 0 Å². The average molecular weight is 183 g/mol. The van der Waals surface area contributed by atoms with Gasteiger partial charge in [-0.2, -0.15) is 0 Å². The minimum Gasteiger partial charge on any atom is -0.235 e. The first-order valence-corrected chi connectivity index (χ1v) is 3.69. The summed E-state index contributed by atoms with van der Waals surface area (Å²) in [6.07, 6.45) is 5.41. The Morgan fingerprint density at radius 2 is 1.82 bits per heavy atom. The Morgan fingerprint density at radius 3 is 2.27 bits per heavy atom. The summed E-state index contributed by atoms with van der Waals surface area (Å²) in [5.41, 5.74) is 2.30. The Balaban J connectivity index is 0.000001000. The first-order chi connectivity index (χ1) is 4.79. The van der Waals surface area contributed by atoms with Crippen molar-refractivity contribution in [3.8, 4) is 0 Å². The number of nitrogens with zero attached hydrogens (tertiary/aromatic N) is 1.